The van der Waals surface area contributed by atoms with Crippen molar-refractivity contribution in [3.8, 4) is 17.2 Å². The number of aromatic hydroxyl groups is 2. The first-order valence-electron chi connectivity index (χ1n) is 15.1. The van der Waals surface area contributed by atoms with E-state index in [4.69, 9.17) is 52.4 Å². The van der Waals surface area contributed by atoms with Crippen molar-refractivity contribution in [3.63, 3.8) is 0 Å². The van der Waals surface area contributed by atoms with E-state index in [9.17, 15) is 40.0 Å². The van der Waals surface area contributed by atoms with Crippen LogP contribution in [-0.4, -0.2) is 112 Å². The number of methoxy groups -OCH3 is 1. The number of ether oxygens (including phenoxy) is 1. The number of nitrogens with one attached hydrogen (secondary N) is 1. The van der Waals surface area contributed by atoms with E-state index in [1.165, 1.54) is 56.5 Å². The van der Waals surface area contributed by atoms with Gasteiger partial charge in [0.15, 0.2) is 19.7 Å². The Bertz CT molecular complexity index is 2970. The first-order valence-corrected chi connectivity index (χ1v) is 23.8. The number of nitrogens with zero attached hydrogens (tertiary/aromatic N) is 4. The van der Waals surface area contributed by atoms with Crippen molar-refractivity contribution in [1.29, 1.82) is 0 Å². The van der Waals surface area contributed by atoms with Crippen LogP contribution in [-0.2, 0) is 78.3 Å². The summed E-state index contributed by atoms with van der Waals surface area (Å²) in [5.74, 6) is -2.64. The minimum Gasteiger partial charge on any atom is -0.747 e. The number of anilines is 1. The summed E-state index contributed by atoms with van der Waals surface area (Å²) in [6.45, 7) is 8.32. The fourth-order valence-electron chi connectivity index (χ4n) is 4.24. The molecule has 0 aliphatic rings. The van der Waals surface area contributed by atoms with Gasteiger partial charge in [0, 0.05) is 34.6 Å². The number of hydrogen-bond acceptors (Lipinski definition) is 24. The summed E-state index contributed by atoms with van der Waals surface area (Å²) < 4.78 is 180. The van der Waals surface area contributed by atoms with E-state index < -0.39 is 90.1 Å². The maximum atomic E-state index is 12.4. The number of hydrogen-bond donors (Lipinski definition) is 5. The molecule has 4 aromatic rings. The van der Waals surface area contributed by atoms with Crippen LogP contribution >= 0.6 is 0 Å². The van der Waals surface area contributed by atoms with Gasteiger partial charge < -0.3 is 47.8 Å². The predicted octanol–water partition coefficient (Wildman–Crippen LogP) is -9.65. The molecule has 4 aromatic carbocycles. The molecule has 66 heavy (non-hydrogen) atoms. The Kier molecular flexibility index (Phi) is 36.2. The Hall–Kier alpha value is -0.771. The molecular formula is C29H29CuN5Na4O21S6-2. The number of fused-ring (bicyclic) bond motifs is 1. The fourth-order valence-corrected chi connectivity index (χ4v) is 6.44. The average molecular weight is 1130 g/mol. The molecule has 0 aliphatic heterocycles. The molecule has 0 bridgehead atoms. The summed E-state index contributed by atoms with van der Waals surface area (Å²) >= 11 is 0. The zero-order valence-electron chi connectivity index (χ0n) is 34.9. The summed E-state index contributed by atoms with van der Waals surface area (Å²) in [7, 11) is -23.8. The van der Waals surface area contributed by atoms with Crippen LogP contribution in [0.4, 0.5) is 28.4 Å². The summed E-state index contributed by atoms with van der Waals surface area (Å²) in [5.41, 5.74) is -0.0615. The molecule has 26 nitrogen and oxygen atoms in total. The van der Waals surface area contributed by atoms with Crippen LogP contribution in [0.2, 0.25) is 0 Å². The quantitative estimate of drug-likeness (QED) is 0.0289. The van der Waals surface area contributed by atoms with Gasteiger partial charge in [-0.1, -0.05) is 28.3 Å². The molecule has 0 fully saturated rings. The maximum absolute atomic E-state index is 12.4. The van der Waals surface area contributed by atoms with Crippen LogP contribution in [0.15, 0.2) is 78.8 Å². The third-order valence-corrected chi connectivity index (χ3v) is 10.3. The Morgan fingerprint density at radius 2 is 1.21 bits per heavy atom. The Balaban J connectivity index is -0.000000572. The number of phenols is 2. The molecule has 1 radical (unpaired) electrons. The summed E-state index contributed by atoms with van der Waals surface area (Å²) in [4.78, 5) is -0.217. The molecule has 0 spiro atoms. The molecule has 0 heterocycles. The van der Waals surface area contributed by atoms with Crippen molar-refractivity contribution in [1.82, 2.24) is 0 Å². The van der Waals surface area contributed by atoms with Gasteiger partial charge in [0.1, 0.15) is 38.9 Å². The largest absolute Gasteiger partial charge is 1.00 e. The van der Waals surface area contributed by atoms with E-state index in [0.717, 1.165) is 6.07 Å². The molecule has 4 rings (SSSR count). The Morgan fingerprint density at radius 1 is 0.727 bits per heavy atom. The van der Waals surface area contributed by atoms with Crippen molar-refractivity contribution in [2.24, 2.45) is 20.5 Å². The van der Waals surface area contributed by atoms with Gasteiger partial charge in [-0.05, 0) is 42.8 Å². The SMILES string of the molecule is O=S(=O)([O-])O.O=S(=O)([O-])O.O=S(=O)=O.[CH2-]CS(=O)(=O)c1ccc(OC)c(N=Nc2c(NCS(=O)(=O)[O-])ccc3c(O)c(N=Nc4cc(C)c(S(=O)(=O)C[CH2-])cc4O)[c-]cc23)c1.[Cu].[Na+].[Na+].[Na+].[Na+]. The standard InChI is InChI=1S/C29H28N5O10S3.Cu.4Na.2H2O4S.O3S/c1-5-45(37,38)18-7-12-26(44-4)24(14-18)33-34-28-19-8-11-22(29(36)20(19)9-10-21(28)30-16-47(41,42)43)31-32-23-13-17(3)27(15-25(23)35)46(39,40)6-2;;;;;;2*1-5(2,3)4;1-4(2)3/h7-10,12-15,30,35-36H,1-2,5-6,16H2,3-4H3,(H,41,42,43);;;;;;2*(H2,1,2,3,4);/q-3;;4*+1;;;/p-3. The molecule has 0 amide bonds. The molecule has 0 aliphatic carbocycles. The van der Waals surface area contributed by atoms with E-state index in [-0.39, 0.29) is 196 Å². The molecule has 0 saturated heterocycles. The van der Waals surface area contributed by atoms with Gasteiger partial charge in [0.2, 0.25) is 20.8 Å². The van der Waals surface area contributed by atoms with Crippen LogP contribution < -0.4 is 128 Å². The van der Waals surface area contributed by atoms with E-state index >= 15 is 0 Å². The molecule has 0 aromatic heterocycles. The Morgan fingerprint density at radius 3 is 1.67 bits per heavy atom. The summed E-state index contributed by atoms with van der Waals surface area (Å²) in [6, 6.07) is 12.9. The average Bonchev–Trinajstić information content (AvgIpc) is 3.11. The van der Waals surface area contributed by atoms with Gasteiger partial charge in [-0.2, -0.15) is 22.4 Å². The van der Waals surface area contributed by atoms with Gasteiger partial charge in [0.25, 0.3) is 0 Å². The van der Waals surface area contributed by atoms with Gasteiger partial charge in [-0.15, -0.1) is 22.9 Å². The smallest absolute Gasteiger partial charge is 0.747 e. The zero-order chi connectivity index (χ0) is 47.3. The minimum absolute atomic E-state index is 0. The number of sulfone groups is 2. The minimum atomic E-state index is -4.92. The normalized spacial score (nSPS) is 11.2. The third-order valence-electron chi connectivity index (χ3n) is 6.66. The Labute approximate surface area is 479 Å². The first kappa shape index (κ1) is 74.2. The van der Waals surface area contributed by atoms with Crippen LogP contribution in [0.3, 0.4) is 0 Å². The van der Waals surface area contributed by atoms with Crippen LogP contribution in [0.25, 0.3) is 10.8 Å². The van der Waals surface area contributed by atoms with Crippen molar-refractivity contribution in [2.45, 2.75) is 16.7 Å². The van der Waals surface area contributed by atoms with E-state index in [0.29, 0.717) is 0 Å². The van der Waals surface area contributed by atoms with Gasteiger partial charge in [0.05, 0.1) is 28.3 Å². The van der Waals surface area contributed by atoms with Gasteiger partial charge >= 0.3 is 129 Å². The van der Waals surface area contributed by atoms with Gasteiger partial charge in [-0.3, -0.25) is 9.11 Å². The number of phenolic OH excluding ortho intramolecular Hbond substituents is 2. The summed E-state index contributed by atoms with van der Waals surface area (Å²) in [6.07, 6.45) is 0. The van der Waals surface area contributed by atoms with Gasteiger partial charge in [-0.25, -0.2) is 42.1 Å². The molecule has 0 atom stereocenters. The third kappa shape index (κ3) is 27.6. The van der Waals surface area contributed by atoms with Crippen LogP contribution in [0.5, 0.6) is 17.2 Å². The molecule has 0 saturated carbocycles. The van der Waals surface area contributed by atoms with Crippen molar-refractivity contribution < 1.29 is 228 Å². The number of benzene rings is 4. The number of rotatable bonds is 12. The molecule has 349 valence electrons. The van der Waals surface area contributed by atoms with Crippen molar-refractivity contribution in [2.75, 3.05) is 29.8 Å². The van der Waals surface area contributed by atoms with Crippen molar-refractivity contribution >= 4 is 100 Å². The maximum Gasteiger partial charge on any atom is 1.00 e. The fraction of sp³-hybridized carbons (Fsp3) is 0.172. The second-order valence-corrected chi connectivity index (χ2v) is 18.5. The predicted molar refractivity (Wildman–Crippen MR) is 206 cm³/mol. The van der Waals surface area contributed by atoms with Crippen LogP contribution in [0.1, 0.15) is 5.56 Å². The van der Waals surface area contributed by atoms with E-state index in [1.54, 1.807) is 0 Å². The van der Waals surface area contributed by atoms with E-state index in [2.05, 4.69) is 45.7 Å². The first-order chi connectivity index (χ1) is 27.7. The second kappa shape index (κ2) is 32.3. The molecule has 37 heteroatoms. The molecular weight excluding hydrogens is 1100 g/mol. The topological polar surface area (TPSA) is 443 Å². The number of azo groups is 2. The summed E-state index contributed by atoms with van der Waals surface area (Å²) in [5, 5.41) is 40.4. The van der Waals surface area contributed by atoms with Crippen molar-refractivity contribution in [3.05, 3.63) is 74.0 Å². The number of aryl methyl sites for hydroxylation is 1. The monoisotopic (exact) mass is 1130 g/mol. The van der Waals surface area contributed by atoms with E-state index in [1.807, 2.05) is 0 Å². The molecule has 0 unspecified atom stereocenters. The second-order valence-electron chi connectivity index (χ2n) is 10.8. The van der Waals surface area contributed by atoms with Crippen LogP contribution in [0, 0.1) is 26.8 Å². The molecule has 5 N–H and O–H groups in total. The zero-order valence-corrected chi connectivity index (χ0v) is 48.8.